The van der Waals surface area contributed by atoms with Gasteiger partial charge in [-0.05, 0) is 60.5 Å². The molecule has 0 aliphatic carbocycles. The summed E-state index contributed by atoms with van der Waals surface area (Å²) >= 11 is 0. The van der Waals surface area contributed by atoms with Crippen molar-refractivity contribution in [1.82, 2.24) is 34.9 Å². The molecule has 6 aromatic rings. The normalized spacial score (nSPS) is 11.3. The first-order valence-corrected chi connectivity index (χ1v) is 14.1. The minimum atomic E-state index is -0.401. The number of aromatic amines is 1. The van der Waals surface area contributed by atoms with Gasteiger partial charge in [-0.2, -0.15) is 10.2 Å². The zero-order valence-corrected chi connectivity index (χ0v) is 24.8. The highest BCUT2D eigenvalue weighted by molar-refractivity contribution is 6.00. The largest absolute Gasteiger partial charge is 0.324 e. The highest BCUT2D eigenvalue weighted by Gasteiger charge is 2.22. The van der Waals surface area contributed by atoms with Crippen molar-refractivity contribution in [2.75, 3.05) is 16.0 Å². The number of anilines is 4. The SMILES string of the molecule is Cc1ccc(NC(=O)Nc2cc(C(C)(C)C)nn2-c2cccc(-c3cn[nH]c3)c2)cc1Nc1nccc(-c2cccnc2)n1. The quantitative estimate of drug-likeness (QED) is 0.157. The Bertz CT molecular complexity index is 1910. The lowest BCUT2D eigenvalue weighted by Crippen LogP contribution is -2.21. The fraction of sp³-hybridized carbons (Fsp3) is 0.152. The van der Waals surface area contributed by atoms with Crippen LogP contribution in [0, 0.1) is 6.92 Å². The van der Waals surface area contributed by atoms with E-state index in [0.29, 0.717) is 17.5 Å². The van der Waals surface area contributed by atoms with E-state index in [1.54, 1.807) is 29.5 Å². The first-order chi connectivity index (χ1) is 21.2. The van der Waals surface area contributed by atoms with Crippen LogP contribution in [-0.2, 0) is 5.41 Å². The molecule has 0 saturated carbocycles. The van der Waals surface area contributed by atoms with Gasteiger partial charge >= 0.3 is 6.03 Å². The van der Waals surface area contributed by atoms with Crippen molar-refractivity contribution >= 4 is 29.2 Å². The molecular weight excluding hydrogens is 552 g/mol. The number of benzene rings is 2. The van der Waals surface area contributed by atoms with E-state index in [1.165, 1.54) is 0 Å². The van der Waals surface area contributed by atoms with Crippen molar-refractivity contribution in [2.45, 2.75) is 33.1 Å². The fourth-order valence-electron chi connectivity index (χ4n) is 4.59. The average Bonchev–Trinajstić information content (AvgIpc) is 3.71. The Hall–Kier alpha value is -5.84. The van der Waals surface area contributed by atoms with Crippen LogP contribution in [0.5, 0.6) is 0 Å². The van der Waals surface area contributed by atoms with Gasteiger partial charge in [0.2, 0.25) is 5.95 Å². The lowest BCUT2D eigenvalue weighted by Gasteiger charge is -2.14. The van der Waals surface area contributed by atoms with Gasteiger partial charge in [0.05, 0.1) is 23.3 Å². The van der Waals surface area contributed by atoms with Crippen molar-refractivity contribution in [3.8, 4) is 28.1 Å². The second-order valence-electron chi connectivity index (χ2n) is 11.4. The smallest absolute Gasteiger partial charge is 0.324 e. The van der Waals surface area contributed by atoms with Gasteiger partial charge in [-0.3, -0.25) is 15.4 Å². The van der Waals surface area contributed by atoms with E-state index < -0.39 is 6.03 Å². The molecule has 11 heteroatoms. The fourth-order valence-corrected chi connectivity index (χ4v) is 4.59. The number of rotatable bonds is 7. The Balaban J connectivity index is 1.22. The number of hydrogen-bond donors (Lipinski definition) is 4. The summed E-state index contributed by atoms with van der Waals surface area (Å²) in [5, 5.41) is 21.0. The first-order valence-electron chi connectivity index (χ1n) is 14.1. The number of carbonyl (C=O) groups excluding carboxylic acids is 1. The molecule has 2 aromatic carbocycles. The molecule has 0 aliphatic rings. The molecule has 44 heavy (non-hydrogen) atoms. The Morgan fingerprint density at radius 1 is 0.886 bits per heavy atom. The summed E-state index contributed by atoms with van der Waals surface area (Å²) in [6, 6.07) is 20.7. The van der Waals surface area contributed by atoms with Crippen LogP contribution in [0.25, 0.3) is 28.1 Å². The number of urea groups is 1. The van der Waals surface area contributed by atoms with Crippen LogP contribution in [0.1, 0.15) is 32.0 Å². The Morgan fingerprint density at radius 3 is 2.52 bits per heavy atom. The number of nitrogens with one attached hydrogen (secondary N) is 4. The number of aryl methyl sites for hydroxylation is 1. The van der Waals surface area contributed by atoms with Crippen molar-refractivity contribution in [2.24, 2.45) is 0 Å². The first kappa shape index (κ1) is 28.3. The zero-order valence-electron chi connectivity index (χ0n) is 24.8. The molecule has 6 rings (SSSR count). The summed E-state index contributed by atoms with van der Waals surface area (Å²) in [7, 11) is 0. The lowest BCUT2D eigenvalue weighted by molar-refractivity contribution is 0.262. The van der Waals surface area contributed by atoms with Gasteiger partial charge < -0.3 is 10.6 Å². The van der Waals surface area contributed by atoms with Crippen molar-refractivity contribution < 1.29 is 4.79 Å². The molecular formula is C33H32N10O. The maximum atomic E-state index is 13.3. The molecule has 4 heterocycles. The van der Waals surface area contributed by atoms with Crippen LogP contribution in [0.2, 0.25) is 0 Å². The average molecular weight is 585 g/mol. The summed E-state index contributed by atoms with van der Waals surface area (Å²) in [6.07, 6.45) is 8.78. The molecule has 4 aromatic heterocycles. The predicted molar refractivity (Wildman–Crippen MR) is 172 cm³/mol. The van der Waals surface area contributed by atoms with Gasteiger partial charge in [-0.25, -0.2) is 19.4 Å². The number of carbonyl (C=O) groups is 1. The number of pyridine rings is 1. The van der Waals surface area contributed by atoms with E-state index in [2.05, 4.69) is 61.9 Å². The Kier molecular flexibility index (Phi) is 7.59. The number of aromatic nitrogens is 7. The topological polar surface area (TPSA) is 138 Å². The van der Waals surface area contributed by atoms with Gasteiger partial charge in [-0.15, -0.1) is 0 Å². The maximum Gasteiger partial charge on any atom is 0.324 e. The van der Waals surface area contributed by atoms with E-state index in [4.69, 9.17) is 5.10 Å². The molecule has 0 spiro atoms. The Labute approximate surface area is 254 Å². The van der Waals surface area contributed by atoms with E-state index >= 15 is 0 Å². The standard InChI is InChI=1S/C33H32N10O/c1-21-10-11-25(16-28(21)40-31-35-14-12-27(39-31)23-8-6-13-34-18-23)38-32(44)41-30-17-29(33(2,3)4)42-43(30)26-9-5-7-22(15-26)24-19-36-37-20-24/h5-20H,1-4H3,(H,36,37)(H,35,39,40)(H2,38,41,44). The highest BCUT2D eigenvalue weighted by Crippen LogP contribution is 2.29. The number of H-pyrrole nitrogens is 1. The van der Waals surface area contributed by atoms with E-state index in [1.807, 2.05) is 79.9 Å². The van der Waals surface area contributed by atoms with Gasteiger partial charge in [0.1, 0.15) is 5.82 Å². The molecule has 0 saturated heterocycles. The summed E-state index contributed by atoms with van der Waals surface area (Å²) in [5.41, 5.74) is 7.35. The summed E-state index contributed by atoms with van der Waals surface area (Å²) in [4.78, 5) is 26.5. The van der Waals surface area contributed by atoms with Gasteiger partial charge in [0.25, 0.3) is 0 Å². The number of hydrogen-bond acceptors (Lipinski definition) is 7. The van der Waals surface area contributed by atoms with Crippen LogP contribution < -0.4 is 16.0 Å². The number of nitrogens with zero attached hydrogens (tertiary/aromatic N) is 6. The molecule has 0 radical (unpaired) electrons. The van der Waals surface area contributed by atoms with Crippen LogP contribution in [0.4, 0.5) is 27.9 Å². The van der Waals surface area contributed by atoms with Crippen LogP contribution in [0.3, 0.4) is 0 Å². The third-order valence-corrected chi connectivity index (χ3v) is 7.00. The molecule has 0 atom stereocenters. The Morgan fingerprint density at radius 2 is 1.75 bits per heavy atom. The molecule has 0 aliphatic heterocycles. The van der Waals surface area contributed by atoms with Crippen molar-refractivity contribution in [3.05, 3.63) is 109 Å². The van der Waals surface area contributed by atoms with Crippen molar-refractivity contribution in [3.63, 3.8) is 0 Å². The van der Waals surface area contributed by atoms with Crippen LogP contribution in [-0.4, -0.2) is 41.0 Å². The third kappa shape index (κ3) is 6.31. The molecule has 220 valence electrons. The second-order valence-corrected chi connectivity index (χ2v) is 11.4. The molecule has 0 fully saturated rings. The van der Waals surface area contributed by atoms with E-state index in [0.717, 1.165) is 45.0 Å². The van der Waals surface area contributed by atoms with Gasteiger partial charge in [0.15, 0.2) is 0 Å². The van der Waals surface area contributed by atoms with E-state index in [-0.39, 0.29) is 5.41 Å². The third-order valence-electron chi connectivity index (χ3n) is 7.00. The lowest BCUT2D eigenvalue weighted by atomic mass is 9.92. The van der Waals surface area contributed by atoms with Crippen LogP contribution >= 0.6 is 0 Å². The maximum absolute atomic E-state index is 13.3. The predicted octanol–water partition coefficient (Wildman–Crippen LogP) is 7.11. The van der Waals surface area contributed by atoms with Gasteiger partial charge in [0, 0.05) is 58.8 Å². The molecule has 0 bridgehead atoms. The monoisotopic (exact) mass is 584 g/mol. The van der Waals surface area contributed by atoms with E-state index in [9.17, 15) is 4.79 Å². The van der Waals surface area contributed by atoms with Gasteiger partial charge in [-0.1, -0.05) is 39.0 Å². The summed E-state index contributed by atoms with van der Waals surface area (Å²) in [6.45, 7) is 8.23. The number of amides is 2. The summed E-state index contributed by atoms with van der Waals surface area (Å²) in [5.74, 6) is 0.982. The van der Waals surface area contributed by atoms with Crippen molar-refractivity contribution in [1.29, 1.82) is 0 Å². The molecule has 0 unspecified atom stereocenters. The van der Waals surface area contributed by atoms with Crippen LogP contribution in [0.15, 0.2) is 97.7 Å². The minimum Gasteiger partial charge on any atom is -0.324 e. The highest BCUT2D eigenvalue weighted by atomic mass is 16.2. The molecule has 11 nitrogen and oxygen atoms in total. The second kappa shape index (κ2) is 11.8. The molecule has 4 N–H and O–H groups in total. The molecule has 2 amide bonds. The zero-order chi connectivity index (χ0) is 30.7. The summed E-state index contributed by atoms with van der Waals surface area (Å²) < 4.78 is 1.75. The minimum absolute atomic E-state index is 0.228.